The Labute approximate surface area is 186 Å². The van der Waals surface area contributed by atoms with Crippen LogP contribution in [0.15, 0.2) is 62.6 Å². The van der Waals surface area contributed by atoms with E-state index in [1.807, 2.05) is 18.2 Å². The van der Waals surface area contributed by atoms with E-state index in [4.69, 9.17) is 4.42 Å². The summed E-state index contributed by atoms with van der Waals surface area (Å²) in [6.45, 7) is 2.67. The number of aryl methyl sites for hydroxylation is 1. The number of rotatable bonds is 7. The van der Waals surface area contributed by atoms with Gasteiger partial charge in [-0.2, -0.15) is 0 Å². The smallest absolute Gasteiger partial charge is 0.408 e. The molecule has 0 spiro atoms. The number of oxazole rings is 1. The van der Waals surface area contributed by atoms with Crippen LogP contribution >= 0.6 is 0 Å². The maximum absolute atomic E-state index is 12.7. The Bertz CT molecular complexity index is 1260. The Morgan fingerprint density at radius 3 is 2.56 bits per heavy atom. The van der Waals surface area contributed by atoms with Gasteiger partial charge in [-0.05, 0) is 30.5 Å². The Kier molecular flexibility index (Phi) is 6.48. The lowest BCUT2D eigenvalue weighted by Crippen LogP contribution is -2.44. The van der Waals surface area contributed by atoms with Gasteiger partial charge in [-0.1, -0.05) is 30.3 Å². The number of benzene rings is 2. The van der Waals surface area contributed by atoms with Crippen molar-refractivity contribution in [2.24, 2.45) is 7.05 Å². The van der Waals surface area contributed by atoms with Gasteiger partial charge in [0.25, 0.3) is 0 Å². The van der Waals surface area contributed by atoms with Crippen LogP contribution in [0.3, 0.4) is 0 Å². The normalized spacial score (nSPS) is 15.8. The van der Waals surface area contributed by atoms with Gasteiger partial charge < -0.3 is 9.73 Å². The van der Waals surface area contributed by atoms with Crippen LogP contribution in [-0.4, -0.2) is 48.7 Å². The van der Waals surface area contributed by atoms with Crippen molar-refractivity contribution >= 4 is 26.8 Å². The molecule has 1 aliphatic rings. The lowest BCUT2D eigenvalue weighted by atomic mass is 10.0. The Morgan fingerprint density at radius 1 is 1.12 bits per heavy atom. The first kappa shape index (κ1) is 22.3. The van der Waals surface area contributed by atoms with Gasteiger partial charge in [0.15, 0.2) is 15.4 Å². The molecular formula is C23H27N3O5S. The summed E-state index contributed by atoms with van der Waals surface area (Å²) >= 11 is 0. The number of carbonyl (C=O) groups is 1. The highest BCUT2D eigenvalue weighted by Gasteiger charge is 2.23. The molecule has 1 fully saturated rings. The molecule has 8 nitrogen and oxygen atoms in total. The molecule has 0 atom stereocenters. The molecule has 9 heteroatoms. The third kappa shape index (κ3) is 5.11. The maximum atomic E-state index is 12.7. The second kappa shape index (κ2) is 9.30. The second-order valence-corrected chi connectivity index (χ2v) is 10.3. The highest BCUT2D eigenvalue weighted by Crippen LogP contribution is 2.20. The molecule has 1 amide bonds. The van der Waals surface area contributed by atoms with Gasteiger partial charge in [-0.3, -0.25) is 14.3 Å². The molecule has 0 aliphatic carbocycles. The molecule has 2 aromatic carbocycles. The summed E-state index contributed by atoms with van der Waals surface area (Å²) < 4.78 is 31.7. The molecule has 0 saturated carbocycles. The molecule has 3 aromatic rings. The Hall–Kier alpha value is -2.91. The fraction of sp³-hybridized carbons (Fsp3) is 0.391. The maximum Gasteiger partial charge on any atom is 0.419 e. The number of fused-ring (bicyclic) bond motifs is 1. The molecule has 2 heterocycles. The molecule has 0 radical (unpaired) electrons. The van der Waals surface area contributed by atoms with Gasteiger partial charge in [-0.25, -0.2) is 13.2 Å². The SMILES string of the molecule is Cn1c(=O)oc2cc(S(=O)(=O)CCC(=O)NC3CCN(Cc4ccccc4)CC3)ccc21. The van der Waals surface area contributed by atoms with Crippen molar-refractivity contribution in [3.8, 4) is 0 Å². The zero-order valence-electron chi connectivity index (χ0n) is 18.0. The number of piperidine rings is 1. The molecular weight excluding hydrogens is 430 g/mol. The van der Waals surface area contributed by atoms with Crippen LogP contribution in [0.1, 0.15) is 24.8 Å². The van der Waals surface area contributed by atoms with Crippen molar-refractivity contribution in [1.29, 1.82) is 0 Å². The van der Waals surface area contributed by atoms with Crippen LogP contribution in [0.5, 0.6) is 0 Å². The van der Waals surface area contributed by atoms with Crippen LogP contribution in [0.25, 0.3) is 11.1 Å². The molecule has 32 heavy (non-hydrogen) atoms. The van der Waals surface area contributed by atoms with E-state index in [9.17, 15) is 18.0 Å². The first-order valence-corrected chi connectivity index (χ1v) is 12.3. The minimum atomic E-state index is -3.67. The van der Waals surface area contributed by atoms with Gasteiger partial charge in [0.05, 0.1) is 16.2 Å². The number of likely N-dealkylation sites (tertiary alicyclic amines) is 1. The zero-order chi connectivity index (χ0) is 22.7. The van der Waals surface area contributed by atoms with Gasteiger partial charge in [-0.15, -0.1) is 0 Å². The average molecular weight is 458 g/mol. The van der Waals surface area contributed by atoms with Crippen molar-refractivity contribution in [2.75, 3.05) is 18.8 Å². The van der Waals surface area contributed by atoms with Gasteiger partial charge >= 0.3 is 5.76 Å². The topological polar surface area (TPSA) is 102 Å². The van der Waals surface area contributed by atoms with Crippen LogP contribution in [0.4, 0.5) is 0 Å². The lowest BCUT2D eigenvalue weighted by molar-refractivity contribution is -0.121. The van der Waals surface area contributed by atoms with E-state index in [1.165, 1.54) is 28.3 Å². The predicted octanol–water partition coefficient (Wildman–Crippen LogP) is 2.08. The highest BCUT2D eigenvalue weighted by atomic mass is 32.2. The Morgan fingerprint density at radius 2 is 1.84 bits per heavy atom. The number of amides is 1. The third-order valence-corrected chi connectivity index (χ3v) is 7.64. The zero-order valence-corrected chi connectivity index (χ0v) is 18.8. The minimum Gasteiger partial charge on any atom is -0.408 e. The predicted molar refractivity (Wildman–Crippen MR) is 121 cm³/mol. The molecule has 0 bridgehead atoms. The fourth-order valence-corrected chi connectivity index (χ4v) is 5.28. The highest BCUT2D eigenvalue weighted by molar-refractivity contribution is 7.91. The standard InChI is InChI=1S/C23H27N3O5S/c1-25-20-8-7-19(15-21(20)31-23(25)28)32(29,30)14-11-22(27)24-18-9-12-26(13-10-18)16-17-5-3-2-4-6-17/h2-8,15,18H,9-14,16H2,1H3,(H,24,27). The van der Waals surface area contributed by atoms with Crippen LogP contribution in [0.2, 0.25) is 0 Å². The fourth-order valence-electron chi connectivity index (χ4n) is 4.03. The van der Waals surface area contributed by atoms with Crippen molar-refractivity contribution in [2.45, 2.75) is 36.7 Å². The number of nitrogens with zero attached hydrogens (tertiary/aromatic N) is 2. The third-order valence-electron chi connectivity index (χ3n) is 5.92. The van der Waals surface area contributed by atoms with Crippen molar-refractivity contribution < 1.29 is 17.6 Å². The molecule has 1 saturated heterocycles. The average Bonchev–Trinajstić information content (AvgIpc) is 3.07. The number of nitrogens with one attached hydrogen (secondary N) is 1. The monoisotopic (exact) mass is 457 g/mol. The molecule has 170 valence electrons. The first-order chi connectivity index (χ1) is 15.3. The number of sulfone groups is 1. The summed E-state index contributed by atoms with van der Waals surface area (Å²) in [6, 6.07) is 14.7. The molecule has 1 aliphatic heterocycles. The summed E-state index contributed by atoms with van der Waals surface area (Å²) in [5.41, 5.74) is 2.00. The second-order valence-electron chi connectivity index (χ2n) is 8.23. The largest absolute Gasteiger partial charge is 0.419 e. The van der Waals surface area contributed by atoms with Crippen LogP contribution in [-0.2, 0) is 28.2 Å². The molecule has 0 unspecified atom stereocenters. The quantitative estimate of drug-likeness (QED) is 0.583. The summed E-state index contributed by atoms with van der Waals surface area (Å²) in [5, 5.41) is 2.97. The summed E-state index contributed by atoms with van der Waals surface area (Å²) in [4.78, 5) is 26.4. The van der Waals surface area contributed by atoms with Crippen molar-refractivity contribution in [3.63, 3.8) is 0 Å². The van der Waals surface area contributed by atoms with E-state index in [-0.39, 0.29) is 34.6 Å². The lowest BCUT2D eigenvalue weighted by Gasteiger charge is -2.32. The number of hydrogen-bond donors (Lipinski definition) is 1. The van der Waals surface area contributed by atoms with Crippen LogP contribution in [0, 0.1) is 0 Å². The van der Waals surface area contributed by atoms with Crippen molar-refractivity contribution in [1.82, 2.24) is 14.8 Å². The van der Waals surface area contributed by atoms with Crippen LogP contribution < -0.4 is 11.1 Å². The van der Waals surface area contributed by atoms with Gasteiger partial charge in [0.2, 0.25) is 5.91 Å². The van der Waals surface area contributed by atoms with E-state index < -0.39 is 15.6 Å². The molecule has 4 rings (SSSR count). The summed E-state index contributed by atoms with van der Waals surface area (Å²) in [7, 11) is -2.12. The van der Waals surface area contributed by atoms with E-state index in [0.717, 1.165) is 32.5 Å². The van der Waals surface area contributed by atoms with Gasteiger partial charge in [0, 0.05) is 45.2 Å². The van der Waals surface area contributed by atoms with E-state index in [2.05, 4.69) is 22.3 Å². The number of carbonyl (C=O) groups excluding carboxylic acids is 1. The van der Waals surface area contributed by atoms with E-state index in [0.29, 0.717) is 5.52 Å². The summed E-state index contributed by atoms with van der Waals surface area (Å²) in [5.74, 6) is -1.11. The van der Waals surface area contributed by atoms with Crippen molar-refractivity contribution in [3.05, 3.63) is 64.6 Å². The molecule has 1 aromatic heterocycles. The van der Waals surface area contributed by atoms with E-state index >= 15 is 0 Å². The van der Waals surface area contributed by atoms with E-state index in [1.54, 1.807) is 7.05 Å². The minimum absolute atomic E-state index is 0.0429. The Balaban J connectivity index is 1.27. The first-order valence-electron chi connectivity index (χ1n) is 10.7. The number of hydrogen-bond acceptors (Lipinski definition) is 6. The van der Waals surface area contributed by atoms with Gasteiger partial charge in [0.1, 0.15) is 0 Å². The molecule has 1 N–H and O–H groups in total. The summed E-state index contributed by atoms with van der Waals surface area (Å²) in [6.07, 6.45) is 1.58. The number of aromatic nitrogens is 1.